The molecule has 6 nitrogen and oxygen atoms in total. The molecule has 0 spiro atoms. The third-order valence-electron chi connectivity index (χ3n) is 3.85. The molecule has 0 aliphatic heterocycles. The zero-order chi connectivity index (χ0) is 18.4. The van der Waals surface area contributed by atoms with Gasteiger partial charge in [-0.3, -0.25) is 5.10 Å². The van der Waals surface area contributed by atoms with Gasteiger partial charge >= 0.3 is 6.09 Å². The minimum Gasteiger partial charge on any atom is -0.488 e. The molecule has 0 aliphatic rings. The van der Waals surface area contributed by atoms with Gasteiger partial charge in [0.05, 0.1) is 17.8 Å². The molecule has 0 fully saturated rings. The summed E-state index contributed by atoms with van der Waals surface area (Å²) in [7, 11) is 0. The van der Waals surface area contributed by atoms with Gasteiger partial charge in [0.15, 0.2) is 11.6 Å². The molecule has 2 N–H and O–H groups in total. The molecule has 2 aromatic carbocycles. The first kappa shape index (κ1) is 17.7. The number of carbonyl (C=O) groups excluding carboxylic acids is 1. The summed E-state index contributed by atoms with van der Waals surface area (Å²) in [6, 6.07) is 12.4. The maximum absolute atomic E-state index is 14.0. The van der Waals surface area contributed by atoms with Crippen molar-refractivity contribution in [1.82, 2.24) is 15.5 Å². The number of hydrogen-bond acceptors (Lipinski definition) is 4. The molecule has 1 aromatic heterocycles. The highest BCUT2D eigenvalue weighted by molar-refractivity contribution is 5.79. The number of alkyl carbamates (subject to hydrolysis) is 1. The number of benzene rings is 2. The van der Waals surface area contributed by atoms with Gasteiger partial charge in [-0.1, -0.05) is 30.3 Å². The van der Waals surface area contributed by atoms with E-state index in [-0.39, 0.29) is 18.5 Å². The van der Waals surface area contributed by atoms with Crippen molar-refractivity contribution in [1.29, 1.82) is 0 Å². The average Bonchev–Trinajstić information content (AvgIpc) is 3.08. The Hall–Kier alpha value is -3.09. The van der Waals surface area contributed by atoms with Crippen LogP contribution < -0.4 is 10.1 Å². The number of hydrogen-bond donors (Lipinski definition) is 2. The third-order valence-corrected chi connectivity index (χ3v) is 3.85. The zero-order valence-corrected chi connectivity index (χ0v) is 14.4. The number of fused-ring (bicyclic) bond motifs is 1. The number of amides is 1. The molecule has 0 radical (unpaired) electrons. The van der Waals surface area contributed by atoms with Crippen molar-refractivity contribution in [3.8, 4) is 5.75 Å². The van der Waals surface area contributed by atoms with E-state index < -0.39 is 11.9 Å². The quantitative estimate of drug-likeness (QED) is 0.675. The molecule has 1 atom stereocenters. The first-order chi connectivity index (χ1) is 12.6. The summed E-state index contributed by atoms with van der Waals surface area (Å²) in [5.74, 6) is -0.290. The van der Waals surface area contributed by atoms with Gasteiger partial charge in [0.25, 0.3) is 0 Å². The molecule has 0 saturated heterocycles. The van der Waals surface area contributed by atoms with E-state index in [1.54, 1.807) is 12.3 Å². The van der Waals surface area contributed by atoms with Crippen molar-refractivity contribution < 1.29 is 18.7 Å². The number of aromatic nitrogens is 2. The van der Waals surface area contributed by atoms with Gasteiger partial charge in [0, 0.05) is 24.4 Å². The minimum atomic E-state index is -0.493. The lowest BCUT2D eigenvalue weighted by molar-refractivity contribution is 0.137. The molecule has 26 heavy (non-hydrogen) atoms. The molecule has 0 saturated carbocycles. The Kier molecular flexibility index (Phi) is 5.68. The fourth-order valence-electron chi connectivity index (χ4n) is 2.46. The number of halogens is 1. The van der Waals surface area contributed by atoms with Gasteiger partial charge in [-0.2, -0.15) is 5.10 Å². The van der Waals surface area contributed by atoms with Crippen LogP contribution >= 0.6 is 0 Å². The topological polar surface area (TPSA) is 76.2 Å². The predicted molar refractivity (Wildman–Crippen MR) is 95.4 cm³/mol. The maximum atomic E-state index is 14.0. The van der Waals surface area contributed by atoms with Crippen LogP contribution in [-0.2, 0) is 11.3 Å². The number of aromatic amines is 1. The highest BCUT2D eigenvalue weighted by Gasteiger charge is 2.12. The van der Waals surface area contributed by atoms with Crippen molar-refractivity contribution in [2.45, 2.75) is 26.1 Å². The molecule has 0 bridgehead atoms. The second-order valence-electron chi connectivity index (χ2n) is 5.95. The molecule has 7 heteroatoms. The van der Waals surface area contributed by atoms with Gasteiger partial charge in [-0.05, 0) is 18.6 Å². The van der Waals surface area contributed by atoms with E-state index in [4.69, 9.17) is 9.47 Å². The van der Waals surface area contributed by atoms with Crippen LogP contribution in [0.3, 0.4) is 0 Å². The van der Waals surface area contributed by atoms with Crippen LogP contribution in [0.4, 0.5) is 9.18 Å². The van der Waals surface area contributed by atoms with Gasteiger partial charge in [0.1, 0.15) is 6.61 Å². The van der Waals surface area contributed by atoms with Crippen LogP contribution in [0.15, 0.2) is 48.7 Å². The monoisotopic (exact) mass is 357 g/mol. The van der Waals surface area contributed by atoms with Gasteiger partial charge in [-0.15, -0.1) is 0 Å². The molecule has 1 heterocycles. The fourth-order valence-corrected chi connectivity index (χ4v) is 2.46. The van der Waals surface area contributed by atoms with Gasteiger partial charge in [-0.25, -0.2) is 9.18 Å². The maximum Gasteiger partial charge on any atom is 0.407 e. The fraction of sp³-hybridized carbons (Fsp3) is 0.263. The second-order valence-corrected chi connectivity index (χ2v) is 5.95. The lowest BCUT2D eigenvalue weighted by Crippen LogP contribution is -2.28. The summed E-state index contributed by atoms with van der Waals surface area (Å²) < 4.78 is 24.8. The van der Waals surface area contributed by atoms with Crippen molar-refractivity contribution in [2.24, 2.45) is 0 Å². The smallest absolute Gasteiger partial charge is 0.407 e. The zero-order valence-electron chi connectivity index (χ0n) is 14.4. The van der Waals surface area contributed by atoms with Crippen molar-refractivity contribution >= 4 is 17.0 Å². The van der Waals surface area contributed by atoms with E-state index in [0.717, 1.165) is 10.9 Å². The lowest BCUT2D eigenvalue weighted by Gasteiger charge is -2.15. The van der Waals surface area contributed by atoms with E-state index in [9.17, 15) is 9.18 Å². The molecular formula is C19H20FN3O3. The second kappa shape index (κ2) is 8.33. The highest BCUT2D eigenvalue weighted by atomic mass is 19.1. The summed E-state index contributed by atoms with van der Waals surface area (Å²) in [6.45, 7) is 2.40. The predicted octanol–water partition coefficient (Wildman–Crippen LogP) is 3.79. The minimum absolute atomic E-state index is 0.165. The molecular weight excluding hydrogens is 337 g/mol. The Morgan fingerprint density at radius 2 is 2.12 bits per heavy atom. The number of H-pyrrole nitrogens is 1. The molecule has 136 valence electrons. The first-order valence-electron chi connectivity index (χ1n) is 8.35. The Balaban J connectivity index is 1.41. The molecule has 0 aliphatic carbocycles. The Bertz CT molecular complexity index is 867. The summed E-state index contributed by atoms with van der Waals surface area (Å²) in [5.41, 5.74) is 1.54. The lowest BCUT2D eigenvalue weighted by atomic mass is 10.2. The van der Waals surface area contributed by atoms with Crippen LogP contribution in [0.1, 0.15) is 18.9 Å². The van der Waals surface area contributed by atoms with Crippen LogP contribution in [0, 0.1) is 5.82 Å². The summed E-state index contributed by atoms with van der Waals surface area (Å²) in [4.78, 5) is 11.7. The highest BCUT2D eigenvalue weighted by Crippen LogP contribution is 2.24. The summed E-state index contributed by atoms with van der Waals surface area (Å²) >= 11 is 0. The van der Waals surface area contributed by atoms with Crippen molar-refractivity contribution in [3.05, 3.63) is 60.0 Å². The molecule has 1 amide bonds. The number of nitrogens with one attached hydrogen (secondary N) is 2. The summed E-state index contributed by atoms with van der Waals surface area (Å²) in [6.07, 6.45) is 1.36. The van der Waals surface area contributed by atoms with Crippen molar-refractivity contribution in [2.75, 3.05) is 6.54 Å². The van der Waals surface area contributed by atoms with Crippen LogP contribution in [0.25, 0.3) is 10.9 Å². The standard InChI is InChI=1S/C19H20FN3O3/c1-13(26-18-9-15-11-22-23-17(15)10-16(18)20)7-8-21-19(24)25-12-14-5-3-2-4-6-14/h2-6,9-11,13H,7-8,12H2,1H3,(H,21,24)(H,22,23). The normalized spacial score (nSPS) is 11.9. The van der Waals surface area contributed by atoms with Crippen LogP contribution in [0.5, 0.6) is 5.75 Å². The van der Waals surface area contributed by atoms with E-state index >= 15 is 0 Å². The molecule has 3 rings (SSSR count). The average molecular weight is 357 g/mol. The first-order valence-corrected chi connectivity index (χ1v) is 8.35. The van der Waals surface area contributed by atoms with E-state index in [1.165, 1.54) is 6.07 Å². The Morgan fingerprint density at radius 3 is 2.92 bits per heavy atom. The largest absolute Gasteiger partial charge is 0.488 e. The number of nitrogens with zero attached hydrogens (tertiary/aromatic N) is 1. The van der Waals surface area contributed by atoms with E-state index in [2.05, 4.69) is 15.5 Å². The van der Waals surface area contributed by atoms with Crippen molar-refractivity contribution in [3.63, 3.8) is 0 Å². The third kappa shape index (κ3) is 4.72. The summed E-state index contributed by atoms with van der Waals surface area (Å²) in [5, 5.41) is 10.0. The molecule has 3 aromatic rings. The molecule has 1 unspecified atom stereocenters. The number of carbonyl (C=O) groups is 1. The number of rotatable bonds is 7. The van der Waals surface area contributed by atoms with E-state index in [0.29, 0.717) is 18.5 Å². The van der Waals surface area contributed by atoms with Gasteiger partial charge in [0.2, 0.25) is 0 Å². The van der Waals surface area contributed by atoms with Crippen LogP contribution in [0.2, 0.25) is 0 Å². The van der Waals surface area contributed by atoms with Crippen LogP contribution in [-0.4, -0.2) is 28.9 Å². The van der Waals surface area contributed by atoms with Gasteiger partial charge < -0.3 is 14.8 Å². The van der Waals surface area contributed by atoms with E-state index in [1.807, 2.05) is 37.3 Å². The SMILES string of the molecule is CC(CCNC(=O)OCc1ccccc1)Oc1cc2cn[nH]c2cc1F. The Labute approximate surface area is 150 Å². The number of ether oxygens (including phenoxy) is 2. The Morgan fingerprint density at radius 1 is 1.31 bits per heavy atom.